The lowest BCUT2D eigenvalue weighted by Crippen LogP contribution is -1.89. The van der Waals surface area contributed by atoms with Crippen LogP contribution in [0.15, 0.2) is 77.3 Å². The van der Waals surface area contributed by atoms with E-state index < -0.39 is 0 Å². The molecule has 1 nitrogen and oxygen atoms in total. The summed E-state index contributed by atoms with van der Waals surface area (Å²) in [7, 11) is 0. The van der Waals surface area contributed by atoms with Crippen LogP contribution in [0.1, 0.15) is 23.5 Å². The lowest BCUT2D eigenvalue weighted by molar-refractivity contribution is 0.529. The minimum atomic E-state index is 0.285. The standard InChI is InChI=1S/C21H18OS/c1-2-16-13-14-18(22-16)20-17-11-7-8-12-19(17)23-21(20)15-9-5-3-4-6-10-15/h3-15H,2H2,1H3. The molecule has 0 amide bonds. The van der Waals surface area contributed by atoms with Gasteiger partial charge >= 0.3 is 0 Å². The van der Waals surface area contributed by atoms with Crippen LogP contribution in [0.4, 0.5) is 0 Å². The molecule has 0 spiro atoms. The van der Waals surface area contributed by atoms with Crippen LogP contribution in [0.2, 0.25) is 0 Å². The quantitative estimate of drug-likeness (QED) is 0.538. The molecule has 0 bridgehead atoms. The number of hydrogen-bond donors (Lipinski definition) is 0. The second-order valence-corrected chi connectivity index (χ2v) is 6.72. The zero-order chi connectivity index (χ0) is 15.6. The Morgan fingerprint density at radius 2 is 1.74 bits per heavy atom. The van der Waals surface area contributed by atoms with Crippen molar-refractivity contribution in [1.29, 1.82) is 0 Å². The van der Waals surface area contributed by atoms with E-state index in [4.69, 9.17) is 4.42 Å². The van der Waals surface area contributed by atoms with Gasteiger partial charge in [0.2, 0.25) is 0 Å². The van der Waals surface area contributed by atoms with Crippen molar-refractivity contribution in [2.24, 2.45) is 0 Å². The average Bonchev–Trinajstić information content (AvgIpc) is 3.10. The third kappa shape index (κ3) is 2.60. The summed E-state index contributed by atoms with van der Waals surface area (Å²) < 4.78 is 7.40. The van der Waals surface area contributed by atoms with E-state index in [0.717, 1.165) is 17.9 Å². The molecular formula is C21H18OS. The fourth-order valence-corrected chi connectivity index (χ4v) is 4.26. The Hall–Kier alpha value is -2.32. The average molecular weight is 318 g/mol. The molecule has 0 radical (unpaired) electrons. The summed E-state index contributed by atoms with van der Waals surface area (Å²) in [6.45, 7) is 2.12. The third-order valence-electron chi connectivity index (χ3n) is 4.15. The highest BCUT2D eigenvalue weighted by Gasteiger charge is 2.20. The van der Waals surface area contributed by atoms with Gasteiger partial charge in [0.05, 0.1) is 0 Å². The van der Waals surface area contributed by atoms with Crippen molar-refractivity contribution < 1.29 is 4.42 Å². The van der Waals surface area contributed by atoms with E-state index in [1.165, 1.54) is 20.5 Å². The Kier molecular flexibility index (Phi) is 3.76. The second kappa shape index (κ2) is 6.05. The van der Waals surface area contributed by atoms with E-state index in [0.29, 0.717) is 0 Å². The van der Waals surface area contributed by atoms with Crippen molar-refractivity contribution in [3.63, 3.8) is 0 Å². The number of furan rings is 1. The molecule has 0 fully saturated rings. The molecule has 0 unspecified atom stereocenters. The molecule has 114 valence electrons. The lowest BCUT2D eigenvalue weighted by atomic mass is 9.99. The van der Waals surface area contributed by atoms with E-state index in [2.05, 4.69) is 79.8 Å². The lowest BCUT2D eigenvalue weighted by Gasteiger charge is -2.08. The van der Waals surface area contributed by atoms with Crippen LogP contribution in [0.25, 0.3) is 21.4 Å². The Labute approximate surface area is 140 Å². The SMILES string of the molecule is CCc1ccc(-c2c(C3C=CC=CC=C3)sc3ccccc23)o1. The molecule has 3 aromatic rings. The molecule has 0 saturated carbocycles. The number of benzene rings is 1. The van der Waals surface area contributed by atoms with Crippen molar-refractivity contribution in [3.05, 3.63) is 83.5 Å². The molecule has 0 aliphatic heterocycles. The van der Waals surface area contributed by atoms with Crippen LogP contribution < -0.4 is 0 Å². The van der Waals surface area contributed by atoms with Crippen LogP contribution in [-0.4, -0.2) is 0 Å². The molecule has 1 aliphatic carbocycles. The zero-order valence-electron chi connectivity index (χ0n) is 13.0. The van der Waals surface area contributed by atoms with E-state index in [-0.39, 0.29) is 5.92 Å². The summed E-state index contributed by atoms with van der Waals surface area (Å²) in [6.07, 6.45) is 13.8. The van der Waals surface area contributed by atoms with Gasteiger partial charge in [0.25, 0.3) is 0 Å². The van der Waals surface area contributed by atoms with Crippen molar-refractivity contribution >= 4 is 21.4 Å². The highest BCUT2D eigenvalue weighted by molar-refractivity contribution is 7.19. The van der Waals surface area contributed by atoms with Crippen LogP contribution in [0.3, 0.4) is 0 Å². The van der Waals surface area contributed by atoms with Gasteiger partial charge < -0.3 is 4.42 Å². The summed E-state index contributed by atoms with van der Waals surface area (Å²) in [5.74, 6) is 2.30. The predicted molar refractivity (Wildman–Crippen MR) is 99.1 cm³/mol. The largest absolute Gasteiger partial charge is 0.461 e. The molecule has 2 heterocycles. The molecule has 0 saturated heterocycles. The maximum atomic E-state index is 6.09. The first kappa shape index (κ1) is 14.3. The van der Waals surface area contributed by atoms with Crippen LogP contribution in [0, 0.1) is 0 Å². The van der Waals surface area contributed by atoms with E-state index in [1.54, 1.807) is 0 Å². The van der Waals surface area contributed by atoms with E-state index >= 15 is 0 Å². The number of aryl methyl sites for hydroxylation is 1. The van der Waals surface area contributed by atoms with Gasteiger partial charge in [-0.15, -0.1) is 11.3 Å². The molecule has 4 rings (SSSR count). The molecule has 0 N–H and O–H groups in total. The topological polar surface area (TPSA) is 13.1 Å². The predicted octanol–water partition coefficient (Wildman–Crippen LogP) is 6.49. The van der Waals surface area contributed by atoms with Gasteiger partial charge in [-0.05, 0) is 18.2 Å². The van der Waals surface area contributed by atoms with Gasteiger partial charge in [0.15, 0.2) is 0 Å². The van der Waals surface area contributed by atoms with Crippen molar-refractivity contribution in [2.75, 3.05) is 0 Å². The fourth-order valence-electron chi connectivity index (χ4n) is 2.99. The highest BCUT2D eigenvalue weighted by Crippen LogP contribution is 2.44. The molecular weight excluding hydrogens is 300 g/mol. The number of fused-ring (bicyclic) bond motifs is 1. The van der Waals surface area contributed by atoms with Gasteiger partial charge in [0.1, 0.15) is 11.5 Å². The first-order valence-electron chi connectivity index (χ1n) is 7.99. The summed E-state index contributed by atoms with van der Waals surface area (Å²) in [5.41, 5.74) is 1.24. The normalized spacial score (nSPS) is 14.7. The molecule has 1 aromatic carbocycles. The molecule has 2 heteroatoms. The second-order valence-electron chi connectivity index (χ2n) is 5.64. The maximum Gasteiger partial charge on any atom is 0.136 e. The number of rotatable bonds is 3. The van der Waals surface area contributed by atoms with Gasteiger partial charge in [-0.2, -0.15) is 0 Å². The number of thiophene rings is 1. The minimum absolute atomic E-state index is 0.285. The third-order valence-corrected chi connectivity index (χ3v) is 5.42. The van der Waals surface area contributed by atoms with Crippen molar-refractivity contribution in [1.82, 2.24) is 0 Å². The molecule has 2 aromatic heterocycles. The Bertz CT molecular complexity index is 904. The fraction of sp³-hybridized carbons (Fsp3) is 0.143. The zero-order valence-corrected chi connectivity index (χ0v) is 13.8. The van der Waals surface area contributed by atoms with E-state index in [9.17, 15) is 0 Å². The van der Waals surface area contributed by atoms with Gasteiger partial charge in [-0.25, -0.2) is 0 Å². The Morgan fingerprint density at radius 1 is 0.957 bits per heavy atom. The van der Waals surface area contributed by atoms with Crippen molar-refractivity contribution in [2.45, 2.75) is 19.3 Å². The first-order valence-corrected chi connectivity index (χ1v) is 8.80. The Morgan fingerprint density at radius 3 is 2.48 bits per heavy atom. The molecule has 1 aliphatic rings. The summed E-state index contributed by atoms with van der Waals surface area (Å²) in [5, 5.41) is 1.28. The van der Waals surface area contributed by atoms with Crippen LogP contribution >= 0.6 is 11.3 Å². The highest BCUT2D eigenvalue weighted by atomic mass is 32.1. The van der Waals surface area contributed by atoms with Gasteiger partial charge in [-0.3, -0.25) is 0 Å². The summed E-state index contributed by atoms with van der Waals surface area (Å²) in [4.78, 5) is 1.35. The number of hydrogen-bond acceptors (Lipinski definition) is 2. The summed E-state index contributed by atoms with van der Waals surface area (Å²) in [6, 6.07) is 12.8. The van der Waals surface area contributed by atoms with Gasteiger partial charge in [0, 0.05) is 32.9 Å². The van der Waals surface area contributed by atoms with E-state index in [1.807, 2.05) is 11.3 Å². The van der Waals surface area contributed by atoms with Crippen LogP contribution in [-0.2, 0) is 6.42 Å². The number of allylic oxidation sites excluding steroid dienone is 6. The molecule has 0 atom stereocenters. The smallest absolute Gasteiger partial charge is 0.136 e. The molecule has 23 heavy (non-hydrogen) atoms. The summed E-state index contributed by atoms with van der Waals surface area (Å²) >= 11 is 1.86. The minimum Gasteiger partial charge on any atom is -0.461 e. The van der Waals surface area contributed by atoms with Gasteiger partial charge in [-0.1, -0.05) is 61.6 Å². The monoisotopic (exact) mass is 318 g/mol. The van der Waals surface area contributed by atoms with Crippen LogP contribution in [0.5, 0.6) is 0 Å². The Balaban J connectivity index is 1.94. The van der Waals surface area contributed by atoms with Crippen molar-refractivity contribution in [3.8, 4) is 11.3 Å². The maximum absolute atomic E-state index is 6.09. The first-order chi connectivity index (χ1) is 11.4.